The maximum atomic E-state index is 12.3. The van der Waals surface area contributed by atoms with Crippen LogP contribution < -0.4 is 5.32 Å². The molecule has 1 N–H and O–H groups in total. The number of hydrogen-bond acceptors (Lipinski definition) is 3. The molecule has 0 saturated carbocycles. The van der Waals surface area contributed by atoms with Gasteiger partial charge in [0.15, 0.2) is 0 Å². The van der Waals surface area contributed by atoms with Gasteiger partial charge in [-0.15, -0.1) is 0 Å². The van der Waals surface area contributed by atoms with Crippen molar-refractivity contribution in [2.75, 3.05) is 7.11 Å². The molecule has 2 aromatic carbocycles. The first kappa shape index (κ1) is 19.7. The molecule has 1 amide bonds. The average Bonchev–Trinajstić information content (AvgIpc) is 2.61. The van der Waals surface area contributed by atoms with Gasteiger partial charge >= 0.3 is 5.97 Å². The van der Waals surface area contributed by atoms with Gasteiger partial charge in [-0.1, -0.05) is 75.4 Å². The predicted octanol–water partition coefficient (Wildman–Crippen LogP) is 3.43. The summed E-state index contributed by atoms with van der Waals surface area (Å²) in [6, 6.07) is 16.9. The largest absolute Gasteiger partial charge is 0.467 e. The van der Waals surface area contributed by atoms with E-state index in [2.05, 4.69) is 38.2 Å². The van der Waals surface area contributed by atoms with Crippen molar-refractivity contribution in [3.63, 3.8) is 0 Å². The molecule has 0 aliphatic carbocycles. The van der Waals surface area contributed by atoms with Crippen LogP contribution in [0.4, 0.5) is 0 Å². The van der Waals surface area contributed by atoms with Crippen molar-refractivity contribution in [3.05, 3.63) is 71.3 Å². The van der Waals surface area contributed by atoms with Gasteiger partial charge in [-0.2, -0.15) is 0 Å². The molecule has 0 bridgehead atoms. The number of methoxy groups -OCH3 is 1. The molecule has 1 atom stereocenters. The Hall–Kier alpha value is -2.62. The van der Waals surface area contributed by atoms with Crippen molar-refractivity contribution >= 4 is 11.9 Å². The van der Waals surface area contributed by atoms with Crippen LogP contribution in [0.15, 0.2) is 54.6 Å². The molecule has 0 unspecified atom stereocenters. The van der Waals surface area contributed by atoms with Crippen LogP contribution in [0.5, 0.6) is 0 Å². The Morgan fingerprint density at radius 2 is 1.58 bits per heavy atom. The summed E-state index contributed by atoms with van der Waals surface area (Å²) in [5, 5.41) is 2.80. The fourth-order valence-electron chi connectivity index (χ4n) is 2.74. The molecule has 138 valence electrons. The summed E-state index contributed by atoms with van der Waals surface area (Å²) in [7, 11) is 1.33. The lowest BCUT2D eigenvalue weighted by Crippen LogP contribution is -2.43. The van der Waals surface area contributed by atoms with Crippen LogP contribution in [0.25, 0.3) is 0 Å². The van der Waals surface area contributed by atoms with E-state index >= 15 is 0 Å². The van der Waals surface area contributed by atoms with E-state index < -0.39 is 12.0 Å². The van der Waals surface area contributed by atoms with Crippen LogP contribution in [0, 0.1) is 0 Å². The van der Waals surface area contributed by atoms with E-state index in [4.69, 9.17) is 4.74 Å². The number of amides is 1. The molecule has 0 aliphatic rings. The van der Waals surface area contributed by atoms with E-state index in [1.807, 2.05) is 42.5 Å². The highest BCUT2D eigenvalue weighted by Gasteiger charge is 2.22. The first-order valence-corrected chi connectivity index (χ1v) is 8.80. The minimum atomic E-state index is -0.698. The van der Waals surface area contributed by atoms with Crippen LogP contribution in [0.2, 0.25) is 0 Å². The SMILES string of the molecule is COC(=O)[C@H](Cc1ccc(C(C)(C)C)cc1)NC(=O)Cc1ccccc1. The molecule has 0 fully saturated rings. The predicted molar refractivity (Wildman–Crippen MR) is 103 cm³/mol. The molecule has 26 heavy (non-hydrogen) atoms. The summed E-state index contributed by atoms with van der Waals surface area (Å²) < 4.78 is 4.86. The maximum Gasteiger partial charge on any atom is 0.328 e. The van der Waals surface area contributed by atoms with Gasteiger partial charge in [-0.05, 0) is 22.1 Å². The lowest BCUT2D eigenvalue weighted by molar-refractivity contribution is -0.145. The van der Waals surface area contributed by atoms with Crippen LogP contribution in [-0.4, -0.2) is 25.0 Å². The Balaban J connectivity index is 2.05. The van der Waals surface area contributed by atoms with Gasteiger partial charge in [0.25, 0.3) is 0 Å². The quantitative estimate of drug-likeness (QED) is 0.810. The number of esters is 1. The van der Waals surface area contributed by atoms with E-state index in [1.54, 1.807) is 0 Å². The summed E-state index contributed by atoms with van der Waals surface area (Å²) in [6.45, 7) is 6.47. The first-order chi connectivity index (χ1) is 12.3. The second kappa shape index (κ2) is 8.65. The Labute approximate surface area is 155 Å². The third-order valence-corrected chi connectivity index (χ3v) is 4.29. The highest BCUT2D eigenvalue weighted by molar-refractivity contribution is 5.85. The van der Waals surface area contributed by atoms with Crippen molar-refractivity contribution in [2.45, 2.75) is 45.1 Å². The molecular formula is C22H27NO3. The Kier molecular flexibility index (Phi) is 6.56. The Bertz CT molecular complexity index is 730. The topological polar surface area (TPSA) is 55.4 Å². The number of carbonyl (C=O) groups excluding carboxylic acids is 2. The van der Waals surface area contributed by atoms with Crippen molar-refractivity contribution < 1.29 is 14.3 Å². The maximum absolute atomic E-state index is 12.3. The van der Waals surface area contributed by atoms with E-state index in [1.165, 1.54) is 12.7 Å². The number of carbonyl (C=O) groups is 2. The minimum Gasteiger partial charge on any atom is -0.467 e. The summed E-state index contributed by atoms with van der Waals surface area (Å²) in [4.78, 5) is 24.4. The lowest BCUT2D eigenvalue weighted by Gasteiger charge is -2.20. The summed E-state index contributed by atoms with van der Waals surface area (Å²) in [5.41, 5.74) is 3.19. The van der Waals surface area contributed by atoms with Gasteiger partial charge in [0, 0.05) is 6.42 Å². The van der Waals surface area contributed by atoms with Gasteiger partial charge in [0.2, 0.25) is 5.91 Å². The molecule has 2 aromatic rings. The number of rotatable bonds is 6. The zero-order valence-corrected chi connectivity index (χ0v) is 15.9. The van der Waals surface area contributed by atoms with E-state index in [-0.39, 0.29) is 17.7 Å². The van der Waals surface area contributed by atoms with Gasteiger partial charge in [0.1, 0.15) is 6.04 Å². The van der Waals surface area contributed by atoms with Crippen molar-refractivity contribution in [3.8, 4) is 0 Å². The Morgan fingerprint density at radius 1 is 0.962 bits per heavy atom. The first-order valence-electron chi connectivity index (χ1n) is 8.80. The summed E-state index contributed by atoms with van der Waals surface area (Å²) >= 11 is 0. The van der Waals surface area contributed by atoms with Gasteiger partial charge < -0.3 is 10.1 Å². The molecule has 0 saturated heterocycles. The van der Waals surface area contributed by atoms with E-state index in [9.17, 15) is 9.59 Å². The number of nitrogens with one attached hydrogen (secondary N) is 1. The third kappa shape index (κ3) is 5.73. The molecule has 0 radical (unpaired) electrons. The normalized spacial score (nSPS) is 12.3. The van der Waals surface area contributed by atoms with Crippen LogP contribution in [0.3, 0.4) is 0 Å². The molecule has 0 aliphatic heterocycles. The number of hydrogen-bond donors (Lipinski definition) is 1. The monoisotopic (exact) mass is 353 g/mol. The zero-order valence-electron chi connectivity index (χ0n) is 15.9. The fourth-order valence-corrected chi connectivity index (χ4v) is 2.74. The van der Waals surface area contributed by atoms with Crippen molar-refractivity contribution in [2.24, 2.45) is 0 Å². The van der Waals surface area contributed by atoms with Gasteiger partial charge in [0.05, 0.1) is 13.5 Å². The standard InChI is InChI=1S/C22H27NO3/c1-22(2,3)18-12-10-17(11-13-18)14-19(21(25)26-4)23-20(24)15-16-8-6-5-7-9-16/h5-13,19H,14-15H2,1-4H3,(H,23,24)/t19-/m0/s1. The van der Waals surface area contributed by atoms with Crippen LogP contribution in [0.1, 0.15) is 37.5 Å². The molecule has 2 rings (SSSR count). The molecule has 0 aromatic heterocycles. The molecule has 0 heterocycles. The second-order valence-corrected chi connectivity index (χ2v) is 7.46. The third-order valence-electron chi connectivity index (χ3n) is 4.29. The van der Waals surface area contributed by atoms with E-state index in [0.717, 1.165) is 11.1 Å². The lowest BCUT2D eigenvalue weighted by atomic mass is 9.86. The summed E-state index contributed by atoms with van der Waals surface area (Å²) in [6.07, 6.45) is 0.634. The fraction of sp³-hybridized carbons (Fsp3) is 0.364. The molecule has 0 spiro atoms. The van der Waals surface area contributed by atoms with Crippen LogP contribution in [-0.2, 0) is 32.6 Å². The highest BCUT2D eigenvalue weighted by atomic mass is 16.5. The van der Waals surface area contributed by atoms with Crippen molar-refractivity contribution in [1.29, 1.82) is 0 Å². The highest BCUT2D eigenvalue weighted by Crippen LogP contribution is 2.22. The summed E-state index contributed by atoms with van der Waals surface area (Å²) in [5.74, 6) is -0.635. The molecule has 4 heteroatoms. The Morgan fingerprint density at radius 3 is 2.12 bits per heavy atom. The molecular weight excluding hydrogens is 326 g/mol. The van der Waals surface area contributed by atoms with E-state index in [0.29, 0.717) is 6.42 Å². The van der Waals surface area contributed by atoms with Crippen molar-refractivity contribution in [1.82, 2.24) is 5.32 Å². The molecule has 4 nitrogen and oxygen atoms in total. The van der Waals surface area contributed by atoms with Crippen LogP contribution >= 0.6 is 0 Å². The zero-order chi connectivity index (χ0) is 19.2. The smallest absolute Gasteiger partial charge is 0.328 e. The average molecular weight is 353 g/mol. The van der Waals surface area contributed by atoms with Gasteiger partial charge in [-0.3, -0.25) is 4.79 Å². The van der Waals surface area contributed by atoms with Gasteiger partial charge in [-0.25, -0.2) is 4.79 Å². The minimum absolute atomic E-state index is 0.0736. The number of benzene rings is 2. The second-order valence-electron chi connectivity index (χ2n) is 7.46. The number of ether oxygens (including phenoxy) is 1.